The number of terminal acetylenes is 1. The second-order valence-corrected chi connectivity index (χ2v) is 6.96. The molecule has 30 heavy (non-hydrogen) atoms. The third-order valence-electron chi connectivity index (χ3n) is 5.68. The van der Waals surface area contributed by atoms with Crippen molar-refractivity contribution in [1.82, 2.24) is 0 Å². The molecule has 164 valence electrons. The maximum atomic E-state index is 12.6. The lowest BCUT2D eigenvalue weighted by atomic mass is 9.63. The average Bonchev–Trinajstić information content (AvgIpc) is 2.79. The lowest BCUT2D eigenvalue weighted by Crippen LogP contribution is -2.50. The molecule has 8 heteroatoms. The van der Waals surface area contributed by atoms with Crippen LogP contribution >= 0.6 is 0 Å². The highest BCUT2D eigenvalue weighted by atomic mass is 16.6. The van der Waals surface area contributed by atoms with Gasteiger partial charge in [0.05, 0.1) is 28.4 Å². The minimum absolute atomic E-state index is 0.00444. The first-order valence-electron chi connectivity index (χ1n) is 9.33. The van der Waals surface area contributed by atoms with Crippen molar-refractivity contribution < 1.29 is 38.1 Å². The Kier molecular flexibility index (Phi) is 8.84. The summed E-state index contributed by atoms with van der Waals surface area (Å²) in [6, 6.07) is 0. The van der Waals surface area contributed by atoms with E-state index in [1.165, 1.54) is 20.3 Å². The molecular weight excluding hydrogens is 392 g/mol. The van der Waals surface area contributed by atoms with Crippen LogP contribution in [0.4, 0.5) is 0 Å². The lowest BCUT2D eigenvalue weighted by Gasteiger charge is -2.39. The van der Waals surface area contributed by atoms with E-state index in [0.717, 1.165) is 14.2 Å². The van der Waals surface area contributed by atoms with Gasteiger partial charge in [0.15, 0.2) is 10.8 Å². The van der Waals surface area contributed by atoms with Gasteiger partial charge < -0.3 is 18.9 Å². The van der Waals surface area contributed by atoms with Gasteiger partial charge in [-0.3, -0.25) is 19.2 Å². The van der Waals surface area contributed by atoms with Crippen LogP contribution < -0.4 is 0 Å². The van der Waals surface area contributed by atoms with Crippen molar-refractivity contribution in [3.8, 4) is 12.3 Å². The van der Waals surface area contributed by atoms with Gasteiger partial charge in [-0.2, -0.15) is 0 Å². The monoisotopic (exact) mass is 420 g/mol. The Morgan fingerprint density at radius 1 is 0.900 bits per heavy atom. The van der Waals surface area contributed by atoms with Crippen molar-refractivity contribution in [3.05, 3.63) is 24.8 Å². The Bertz CT molecular complexity index is 726. The molecule has 1 rings (SSSR count). The molecule has 0 radical (unpaired) electrons. The van der Waals surface area contributed by atoms with Crippen LogP contribution in [0.15, 0.2) is 24.8 Å². The third-order valence-corrected chi connectivity index (χ3v) is 5.68. The van der Waals surface area contributed by atoms with Crippen LogP contribution in [-0.4, -0.2) is 52.3 Å². The van der Waals surface area contributed by atoms with Gasteiger partial charge in [-0.1, -0.05) is 18.2 Å². The number of hydrogen-bond donors (Lipinski definition) is 0. The summed E-state index contributed by atoms with van der Waals surface area (Å²) in [5.74, 6) is -2.02. The van der Waals surface area contributed by atoms with E-state index in [4.69, 9.17) is 25.4 Å². The molecule has 2 atom stereocenters. The maximum absolute atomic E-state index is 12.6. The highest BCUT2D eigenvalue weighted by Gasteiger charge is 2.57. The number of allylic oxidation sites excluding steroid dienone is 3. The van der Waals surface area contributed by atoms with E-state index in [2.05, 4.69) is 12.5 Å². The summed E-state index contributed by atoms with van der Waals surface area (Å²) in [5, 5.41) is 0. The normalized spacial score (nSPS) is 18.5. The third kappa shape index (κ3) is 4.11. The van der Waals surface area contributed by atoms with E-state index in [0.29, 0.717) is 0 Å². The van der Waals surface area contributed by atoms with Gasteiger partial charge in [0.2, 0.25) is 0 Å². The molecular formula is C22H28O8. The fourth-order valence-electron chi connectivity index (χ4n) is 4.12. The van der Waals surface area contributed by atoms with E-state index in [9.17, 15) is 19.2 Å². The van der Waals surface area contributed by atoms with Crippen LogP contribution in [0.25, 0.3) is 0 Å². The summed E-state index contributed by atoms with van der Waals surface area (Å²) in [6.07, 6.45) is 10.4. The van der Waals surface area contributed by atoms with Crippen molar-refractivity contribution in [3.63, 3.8) is 0 Å². The first-order chi connectivity index (χ1) is 14.3. The summed E-state index contributed by atoms with van der Waals surface area (Å²) in [5.41, 5.74) is -3.35. The summed E-state index contributed by atoms with van der Waals surface area (Å²) >= 11 is 0. The summed E-state index contributed by atoms with van der Waals surface area (Å²) < 4.78 is 19.5. The minimum atomic E-state index is -1.72. The van der Waals surface area contributed by atoms with E-state index >= 15 is 0 Å². The summed E-state index contributed by atoms with van der Waals surface area (Å²) in [4.78, 5) is 50.5. The van der Waals surface area contributed by atoms with Crippen LogP contribution in [0.1, 0.15) is 25.7 Å². The number of carbonyl (C=O) groups is 4. The Morgan fingerprint density at radius 3 is 1.57 bits per heavy atom. The van der Waals surface area contributed by atoms with Crippen LogP contribution in [0, 0.1) is 35.0 Å². The molecule has 8 nitrogen and oxygen atoms in total. The standard InChI is InChI=1S/C22H28O8/c1-7-13-21(17(23)27-3,18(24)28-4)15-9-11-16(12-10-15)22(14-8-2,19(25)29-5)20(26)30-6/h1,8-9,11,15-16H,2,10,12-14H2,3-6H3/t15-,16-/m0/s1. The lowest BCUT2D eigenvalue weighted by molar-refractivity contribution is -0.176. The molecule has 0 bridgehead atoms. The van der Waals surface area contributed by atoms with Gasteiger partial charge in [-0.15, -0.1) is 18.9 Å². The molecule has 0 spiro atoms. The smallest absolute Gasteiger partial charge is 0.324 e. The number of rotatable bonds is 9. The van der Waals surface area contributed by atoms with E-state index in [-0.39, 0.29) is 25.7 Å². The van der Waals surface area contributed by atoms with Gasteiger partial charge in [0.1, 0.15) is 0 Å². The Morgan fingerprint density at radius 2 is 1.27 bits per heavy atom. The molecule has 0 amide bonds. The molecule has 0 aliphatic heterocycles. The second-order valence-electron chi connectivity index (χ2n) is 6.96. The topological polar surface area (TPSA) is 105 Å². The molecule has 0 aromatic carbocycles. The van der Waals surface area contributed by atoms with Crippen LogP contribution in [-0.2, 0) is 38.1 Å². The predicted octanol–water partition coefficient (Wildman–Crippen LogP) is 1.83. The zero-order valence-electron chi connectivity index (χ0n) is 17.8. The van der Waals surface area contributed by atoms with Crippen molar-refractivity contribution >= 4 is 23.9 Å². The molecule has 0 heterocycles. The average molecular weight is 420 g/mol. The second kappa shape index (κ2) is 10.6. The maximum Gasteiger partial charge on any atom is 0.324 e. The van der Waals surface area contributed by atoms with E-state index < -0.39 is 46.5 Å². The Hall–Kier alpha value is -3.08. The predicted molar refractivity (Wildman–Crippen MR) is 107 cm³/mol. The minimum Gasteiger partial charge on any atom is -0.468 e. The van der Waals surface area contributed by atoms with Crippen molar-refractivity contribution in [2.45, 2.75) is 25.7 Å². The zero-order chi connectivity index (χ0) is 22.9. The summed E-state index contributed by atoms with van der Waals surface area (Å²) in [7, 11) is 4.70. The Labute approximate surface area is 176 Å². The number of ether oxygens (including phenoxy) is 4. The highest BCUT2D eigenvalue weighted by molar-refractivity contribution is 6.02. The molecule has 0 aromatic heterocycles. The first kappa shape index (κ1) is 25.0. The van der Waals surface area contributed by atoms with Gasteiger partial charge in [0.25, 0.3) is 0 Å². The summed E-state index contributed by atoms with van der Waals surface area (Å²) in [6.45, 7) is 3.64. The molecule has 1 aliphatic rings. The molecule has 1 aliphatic carbocycles. The largest absolute Gasteiger partial charge is 0.468 e. The van der Waals surface area contributed by atoms with Crippen molar-refractivity contribution in [2.75, 3.05) is 28.4 Å². The van der Waals surface area contributed by atoms with Crippen LogP contribution in [0.2, 0.25) is 0 Å². The van der Waals surface area contributed by atoms with Crippen LogP contribution in [0.3, 0.4) is 0 Å². The van der Waals surface area contributed by atoms with Crippen molar-refractivity contribution in [2.24, 2.45) is 22.7 Å². The molecule has 0 saturated heterocycles. The molecule has 0 saturated carbocycles. The SMILES string of the molecule is C#CCC(C(=O)OC)(C(=O)OC)[C@H]1C=C[C@H](C(CC=C)(C(=O)OC)C(=O)OC)CC1. The number of hydrogen-bond acceptors (Lipinski definition) is 8. The fourth-order valence-corrected chi connectivity index (χ4v) is 4.12. The molecule has 0 N–H and O–H groups in total. The van der Waals surface area contributed by atoms with Gasteiger partial charge >= 0.3 is 23.9 Å². The van der Waals surface area contributed by atoms with Gasteiger partial charge in [-0.25, -0.2) is 0 Å². The number of carbonyl (C=O) groups excluding carboxylic acids is 4. The number of methoxy groups -OCH3 is 4. The first-order valence-corrected chi connectivity index (χ1v) is 9.33. The zero-order valence-corrected chi connectivity index (χ0v) is 17.8. The number of esters is 4. The molecule has 0 unspecified atom stereocenters. The molecule has 0 fully saturated rings. The van der Waals surface area contributed by atoms with Crippen LogP contribution in [0.5, 0.6) is 0 Å². The van der Waals surface area contributed by atoms with E-state index in [1.54, 1.807) is 12.2 Å². The Balaban J connectivity index is 3.49. The van der Waals surface area contributed by atoms with Gasteiger partial charge in [-0.05, 0) is 19.3 Å². The highest BCUT2D eigenvalue weighted by Crippen LogP contribution is 2.47. The quantitative estimate of drug-likeness (QED) is 0.183. The fraction of sp³-hybridized carbons (Fsp3) is 0.545. The van der Waals surface area contributed by atoms with Crippen molar-refractivity contribution in [1.29, 1.82) is 0 Å². The van der Waals surface area contributed by atoms with Gasteiger partial charge in [0, 0.05) is 18.3 Å². The molecule has 0 aromatic rings. The van der Waals surface area contributed by atoms with E-state index in [1.807, 2.05) is 0 Å².